The third-order valence-electron chi connectivity index (χ3n) is 3.92. The van der Waals surface area contributed by atoms with Gasteiger partial charge in [-0.05, 0) is 48.8 Å². The standard InChI is InChI=1S/C16H24FNO/c1-11-6-12(2)8-15(7-11)19-10-16(18)13-4-3-5-14(17)9-13/h3-5,9,11-12,15-16H,6-8,10,18H2,1-2H3. The molecule has 1 aromatic carbocycles. The summed E-state index contributed by atoms with van der Waals surface area (Å²) < 4.78 is 19.1. The third kappa shape index (κ3) is 4.29. The van der Waals surface area contributed by atoms with E-state index in [1.54, 1.807) is 6.07 Å². The Hall–Kier alpha value is -0.930. The molecule has 1 saturated carbocycles. The van der Waals surface area contributed by atoms with E-state index in [0.717, 1.165) is 30.2 Å². The minimum Gasteiger partial charge on any atom is -0.376 e. The molecule has 1 fully saturated rings. The summed E-state index contributed by atoms with van der Waals surface area (Å²) in [6.07, 6.45) is 3.81. The van der Waals surface area contributed by atoms with Crippen molar-refractivity contribution in [2.45, 2.75) is 45.3 Å². The van der Waals surface area contributed by atoms with Gasteiger partial charge in [0.2, 0.25) is 0 Å². The molecular weight excluding hydrogens is 241 g/mol. The van der Waals surface area contributed by atoms with E-state index in [1.807, 2.05) is 6.07 Å². The van der Waals surface area contributed by atoms with Crippen LogP contribution in [0.4, 0.5) is 4.39 Å². The molecule has 3 unspecified atom stereocenters. The van der Waals surface area contributed by atoms with E-state index in [9.17, 15) is 4.39 Å². The van der Waals surface area contributed by atoms with Crippen molar-refractivity contribution in [3.63, 3.8) is 0 Å². The maximum Gasteiger partial charge on any atom is 0.123 e. The minimum atomic E-state index is -0.247. The first-order valence-electron chi connectivity index (χ1n) is 7.17. The molecule has 0 aromatic heterocycles. The molecule has 3 heteroatoms. The van der Waals surface area contributed by atoms with Crippen molar-refractivity contribution in [3.05, 3.63) is 35.6 Å². The zero-order valence-corrected chi connectivity index (χ0v) is 11.8. The molecule has 19 heavy (non-hydrogen) atoms. The first kappa shape index (κ1) is 14.5. The molecule has 106 valence electrons. The van der Waals surface area contributed by atoms with Gasteiger partial charge in [0, 0.05) is 0 Å². The topological polar surface area (TPSA) is 35.2 Å². The van der Waals surface area contributed by atoms with Gasteiger partial charge in [-0.3, -0.25) is 0 Å². The Balaban J connectivity index is 1.84. The van der Waals surface area contributed by atoms with Crippen molar-refractivity contribution in [2.75, 3.05) is 6.61 Å². The lowest BCUT2D eigenvalue weighted by molar-refractivity contribution is -0.00528. The van der Waals surface area contributed by atoms with Crippen LogP contribution in [0, 0.1) is 17.7 Å². The number of ether oxygens (including phenoxy) is 1. The third-order valence-corrected chi connectivity index (χ3v) is 3.92. The van der Waals surface area contributed by atoms with Crippen molar-refractivity contribution >= 4 is 0 Å². The summed E-state index contributed by atoms with van der Waals surface area (Å²) >= 11 is 0. The van der Waals surface area contributed by atoms with Crippen LogP contribution in [-0.4, -0.2) is 12.7 Å². The fourth-order valence-corrected chi connectivity index (χ4v) is 3.08. The Labute approximate surface area is 115 Å². The molecule has 3 atom stereocenters. The number of hydrogen-bond acceptors (Lipinski definition) is 2. The van der Waals surface area contributed by atoms with Crippen LogP contribution in [0.25, 0.3) is 0 Å². The van der Waals surface area contributed by atoms with Gasteiger partial charge in [-0.2, -0.15) is 0 Å². The van der Waals surface area contributed by atoms with Crippen LogP contribution < -0.4 is 5.73 Å². The van der Waals surface area contributed by atoms with E-state index in [4.69, 9.17) is 10.5 Å². The first-order chi connectivity index (χ1) is 9.04. The predicted octanol–water partition coefficient (Wildman–Crippen LogP) is 3.67. The molecule has 2 rings (SSSR count). The molecule has 1 aromatic rings. The van der Waals surface area contributed by atoms with E-state index >= 15 is 0 Å². The number of halogens is 1. The molecule has 1 aliphatic rings. The monoisotopic (exact) mass is 265 g/mol. The molecule has 1 aliphatic carbocycles. The molecular formula is C16H24FNO. The van der Waals surface area contributed by atoms with E-state index in [-0.39, 0.29) is 11.9 Å². The molecule has 0 bridgehead atoms. The van der Waals surface area contributed by atoms with Gasteiger partial charge in [0.1, 0.15) is 5.82 Å². The van der Waals surface area contributed by atoms with Gasteiger partial charge in [0.15, 0.2) is 0 Å². The summed E-state index contributed by atoms with van der Waals surface area (Å²) in [5, 5.41) is 0. The lowest BCUT2D eigenvalue weighted by Gasteiger charge is -2.32. The van der Waals surface area contributed by atoms with Crippen LogP contribution in [0.15, 0.2) is 24.3 Å². The van der Waals surface area contributed by atoms with Gasteiger partial charge in [0.05, 0.1) is 18.8 Å². The van der Waals surface area contributed by atoms with E-state index in [1.165, 1.54) is 18.6 Å². The smallest absolute Gasteiger partial charge is 0.123 e. The Bertz CT molecular complexity index is 399. The minimum absolute atomic E-state index is 0.243. The zero-order chi connectivity index (χ0) is 13.8. The number of hydrogen-bond donors (Lipinski definition) is 1. The molecule has 0 radical (unpaired) electrons. The summed E-state index contributed by atoms with van der Waals surface area (Å²) in [4.78, 5) is 0. The fourth-order valence-electron chi connectivity index (χ4n) is 3.08. The van der Waals surface area contributed by atoms with Crippen molar-refractivity contribution < 1.29 is 9.13 Å². The summed E-state index contributed by atoms with van der Waals surface area (Å²) in [5.74, 6) is 1.20. The highest BCUT2D eigenvalue weighted by Crippen LogP contribution is 2.30. The highest BCUT2D eigenvalue weighted by molar-refractivity contribution is 5.19. The van der Waals surface area contributed by atoms with Crippen LogP contribution in [0.2, 0.25) is 0 Å². The summed E-state index contributed by atoms with van der Waals surface area (Å²) in [6, 6.07) is 6.21. The molecule has 2 nitrogen and oxygen atoms in total. The molecule has 0 heterocycles. The van der Waals surface area contributed by atoms with Crippen LogP contribution >= 0.6 is 0 Å². The van der Waals surface area contributed by atoms with Crippen molar-refractivity contribution in [3.8, 4) is 0 Å². The second-order valence-corrected chi connectivity index (χ2v) is 6.03. The average molecular weight is 265 g/mol. The molecule has 0 amide bonds. The Morgan fingerprint density at radius 2 is 1.95 bits per heavy atom. The van der Waals surface area contributed by atoms with Gasteiger partial charge in [-0.15, -0.1) is 0 Å². The van der Waals surface area contributed by atoms with Crippen LogP contribution in [0.1, 0.15) is 44.7 Å². The van der Waals surface area contributed by atoms with Crippen molar-refractivity contribution in [1.29, 1.82) is 0 Å². The number of rotatable bonds is 4. The van der Waals surface area contributed by atoms with Crippen LogP contribution in [0.3, 0.4) is 0 Å². The maximum absolute atomic E-state index is 13.1. The first-order valence-corrected chi connectivity index (χ1v) is 7.17. The Morgan fingerprint density at radius 1 is 1.26 bits per heavy atom. The molecule has 0 spiro atoms. The Morgan fingerprint density at radius 3 is 2.58 bits per heavy atom. The largest absolute Gasteiger partial charge is 0.376 e. The second-order valence-electron chi connectivity index (χ2n) is 6.03. The SMILES string of the molecule is CC1CC(C)CC(OCC(N)c2cccc(F)c2)C1. The quantitative estimate of drug-likeness (QED) is 0.901. The van der Waals surface area contributed by atoms with Gasteiger partial charge >= 0.3 is 0 Å². The summed E-state index contributed by atoms with van der Waals surface area (Å²) in [6.45, 7) is 5.02. The Kier molecular flexibility index (Phi) is 4.94. The van der Waals surface area contributed by atoms with Crippen LogP contribution in [0.5, 0.6) is 0 Å². The van der Waals surface area contributed by atoms with Crippen molar-refractivity contribution in [2.24, 2.45) is 17.6 Å². The number of nitrogens with two attached hydrogens (primary N) is 1. The van der Waals surface area contributed by atoms with Crippen molar-refractivity contribution in [1.82, 2.24) is 0 Å². The van der Waals surface area contributed by atoms with E-state index < -0.39 is 0 Å². The van der Waals surface area contributed by atoms with E-state index in [2.05, 4.69) is 13.8 Å². The summed E-state index contributed by atoms with van der Waals surface area (Å²) in [7, 11) is 0. The second kappa shape index (κ2) is 6.49. The molecule has 0 aliphatic heterocycles. The zero-order valence-electron chi connectivity index (χ0n) is 11.8. The fraction of sp³-hybridized carbons (Fsp3) is 0.625. The average Bonchev–Trinajstić information content (AvgIpc) is 2.35. The van der Waals surface area contributed by atoms with Gasteiger partial charge < -0.3 is 10.5 Å². The highest BCUT2D eigenvalue weighted by atomic mass is 19.1. The highest BCUT2D eigenvalue weighted by Gasteiger charge is 2.24. The van der Waals surface area contributed by atoms with Gasteiger partial charge in [-0.25, -0.2) is 4.39 Å². The molecule has 0 saturated heterocycles. The van der Waals surface area contributed by atoms with E-state index in [0.29, 0.717) is 12.7 Å². The maximum atomic E-state index is 13.1. The van der Waals surface area contributed by atoms with Gasteiger partial charge in [0.25, 0.3) is 0 Å². The van der Waals surface area contributed by atoms with Crippen LogP contribution in [-0.2, 0) is 4.74 Å². The summed E-state index contributed by atoms with van der Waals surface area (Å²) in [5.41, 5.74) is 6.86. The molecule has 2 N–H and O–H groups in total. The lowest BCUT2D eigenvalue weighted by Crippen LogP contribution is -2.29. The normalized spacial score (nSPS) is 29.2. The lowest BCUT2D eigenvalue weighted by atomic mass is 9.82. The van der Waals surface area contributed by atoms with Gasteiger partial charge in [-0.1, -0.05) is 26.0 Å². The number of benzene rings is 1. The predicted molar refractivity (Wildman–Crippen MR) is 75.2 cm³/mol.